The second kappa shape index (κ2) is 7.33. The number of H-pyrrole nitrogens is 1. The first-order valence-electron chi connectivity index (χ1n) is 8.65. The fourth-order valence-corrected chi connectivity index (χ4v) is 2.85. The van der Waals surface area contributed by atoms with E-state index in [1.807, 2.05) is 62.4 Å². The molecule has 7 heteroatoms. The van der Waals surface area contributed by atoms with Crippen LogP contribution in [0.25, 0.3) is 11.4 Å². The lowest BCUT2D eigenvalue weighted by Crippen LogP contribution is -2.15. The molecule has 2 N–H and O–H groups in total. The third-order valence-corrected chi connectivity index (χ3v) is 4.07. The van der Waals surface area contributed by atoms with Gasteiger partial charge in [-0.2, -0.15) is 5.10 Å². The van der Waals surface area contributed by atoms with E-state index in [9.17, 15) is 0 Å². The molecular formula is C20H19N7. The highest BCUT2D eigenvalue weighted by Crippen LogP contribution is 2.25. The number of nitrogens with zero attached hydrogens (tertiary/aromatic N) is 5. The lowest BCUT2D eigenvalue weighted by Gasteiger charge is -2.17. The minimum absolute atomic E-state index is 0.229. The Hall–Kier alpha value is -3.61. The van der Waals surface area contributed by atoms with Crippen molar-refractivity contribution in [2.24, 2.45) is 0 Å². The van der Waals surface area contributed by atoms with E-state index >= 15 is 0 Å². The number of hydrogen-bond acceptors (Lipinski definition) is 6. The first kappa shape index (κ1) is 16.8. The summed E-state index contributed by atoms with van der Waals surface area (Å²) in [6.07, 6.45) is 3.49. The van der Waals surface area contributed by atoms with Crippen LogP contribution >= 0.6 is 0 Å². The quantitative estimate of drug-likeness (QED) is 0.568. The number of nitrogens with one attached hydrogen (secondary N) is 2. The third kappa shape index (κ3) is 3.82. The molecule has 1 atom stereocenters. The van der Waals surface area contributed by atoms with Crippen LogP contribution in [0.5, 0.6) is 0 Å². The summed E-state index contributed by atoms with van der Waals surface area (Å²) in [5.41, 5.74) is 2.79. The van der Waals surface area contributed by atoms with Crippen molar-refractivity contribution >= 4 is 5.82 Å². The summed E-state index contributed by atoms with van der Waals surface area (Å²) in [4.78, 5) is 17.9. The van der Waals surface area contributed by atoms with Gasteiger partial charge in [-0.25, -0.2) is 15.0 Å². The SMILES string of the molecule is Cc1cc(NC(c2ccccc2)c2n[nH]c(C)n2)nc(-c2cccnc2)n1. The minimum Gasteiger partial charge on any atom is -0.356 e. The standard InChI is InChI=1S/C20H19N7/c1-13-11-17(25-19(22-13)16-9-6-10-21-12-16)24-18(15-7-4-3-5-8-15)20-23-14(2)26-27-20/h3-12,18H,1-2H3,(H,22,24,25)(H,23,26,27). The van der Waals surface area contributed by atoms with E-state index in [1.165, 1.54) is 0 Å². The Labute approximate surface area is 157 Å². The lowest BCUT2D eigenvalue weighted by atomic mass is 10.1. The van der Waals surface area contributed by atoms with Crippen molar-refractivity contribution in [3.05, 3.63) is 83.8 Å². The number of aromatic nitrogens is 6. The number of hydrogen-bond donors (Lipinski definition) is 2. The second-order valence-electron chi connectivity index (χ2n) is 6.23. The Morgan fingerprint density at radius 1 is 0.963 bits per heavy atom. The number of benzene rings is 1. The molecule has 0 aliphatic rings. The van der Waals surface area contributed by atoms with Crippen molar-refractivity contribution in [2.45, 2.75) is 19.9 Å². The molecule has 0 amide bonds. The van der Waals surface area contributed by atoms with E-state index in [0.717, 1.165) is 22.6 Å². The van der Waals surface area contributed by atoms with Gasteiger partial charge in [0, 0.05) is 29.7 Å². The molecule has 3 heterocycles. The predicted octanol–water partition coefficient (Wildman–Crippen LogP) is 3.48. The van der Waals surface area contributed by atoms with Crippen LogP contribution in [0.4, 0.5) is 5.82 Å². The van der Waals surface area contributed by atoms with Gasteiger partial charge in [-0.05, 0) is 31.5 Å². The van der Waals surface area contributed by atoms with Crippen molar-refractivity contribution < 1.29 is 0 Å². The van der Waals surface area contributed by atoms with Gasteiger partial charge in [-0.3, -0.25) is 10.1 Å². The minimum atomic E-state index is -0.229. The maximum atomic E-state index is 4.67. The summed E-state index contributed by atoms with van der Waals surface area (Å²) in [5.74, 6) is 2.77. The highest BCUT2D eigenvalue weighted by atomic mass is 15.2. The van der Waals surface area contributed by atoms with Crippen LogP contribution in [0.1, 0.15) is 28.9 Å². The van der Waals surface area contributed by atoms with Crippen LogP contribution in [-0.2, 0) is 0 Å². The van der Waals surface area contributed by atoms with E-state index < -0.39 is 0 Å². The summed E-state index contributed by atoms with van der Waals surface area (Å²) in [5, 5.41) is 10.7. The molecule has 0 fully saturated rings. The highest BCUT2D eigenvalue weighted by Gasteiger charge is 2.19. The predicted molar refractivity (Wildman–Crippen MR) is 103 cm³/mol. The monoisotopic (exact) mass is 357 g/mol. The van der Waals surface area contributed by atoms with Crippen LogP contribution in [-0.4, -0.2) is 30.1 Å². The summed E-state index contributed by atoms with van der Waals surface area (Å²) >= 11 is 0. The second-order valence-corrected chi connectivity index (χ2v) is 6.23. The Kier molecular flexibility index (Phi) is 4.57. The van der Waals surface area contributed by atoms with Crippen LogP contribution in [0.15, 0.2) is 60.9 Å². The van der Waals surface area contributed by atoms with Gasteiger partial charge in [0.1, 0.15) is 17.7 Å². The first-order chi connectivity index (χ1) is 13.2. The smallest absolute Gasteiger partial charge is 0.177 e. The fourth-order valence-electron chi connectivity index (χ4n) is 2.85. The zero-order valence-electron chi connectivity index (χ0n) is 15.1. The fraction of sp³-hybridized carbons (Fsp3) is 0.150. The van der Waals surface area contributed by atoms with Gasteiger partial charge in [0.05, 0.1) is 0 Å². The van der Waals surface area contributed by atoms with Gasteiger partial charge < -0.3 is 5.32 Å². The number of rotatable bonds is 5. The van der Waals surface area contributed by atoms with Crippen molar-refractivity contribution in [1.82, 2.24) is 30.1 Å². The van der Waals surface area contributed by atoms with E-state index in [1.54, 1.807) is 12.4 Å². The van der Waals surface area contributed by atoms with Gasteiger partial charge in [-0.1, -0.05) is 30.3 Å². The molecule has 1 unspecified atom stereocenters. The Morgan fingerprint density at radius 3 is 2.52 bits per heavy atom. The Morgan fingerprint density at radius 2 is 1.81 bits per heavy atom. The summed E-state index contributed by atoms with van der Waals surface area (Å²) < 4.78 is 0. The molecule has 4 aromatic rings. The number of pyridine rings is 1. The Balaban J connectivity index is 1.72. The molecule has 0 aliphatic carbocycles. The largest absolute Gasteiger partial charge is 0.356 e. The summed E-state index contributed by atoms with van der Waals surface area (Å²) in [6, 6.07) is 15.6. The average molecular weight is 357 g/mol. The van der Waals surface area contributed by atoms with Gasteiger partial charge in [0.2, 0.25) is 0 Å². The van der Waals surface area contributed by atoms with Crippen molar-refractivity contribution in [2.75, 3.05) is 5.32 Å². The molecule has 27 heavy (non-hydrogen) atoms. The van der Waals surface area contributed by atoms with Crippen molar-refractivity contribution in [3.8, 4) is 11.4 Å². The molecule has 3 aromatic heterocycles. The molecule has 4 rings (SSSR count). The van der Waals surface area contributed by atoms with Gasteiger partial charge >= 0.3 is 0 Å². The van der Waals surface area contributed by atoms with Crippen LogP contribution in [0.3, 0.4) is 0 Å². The van der Waals surface area contributed by atoms with Crippen LogP contribution in [0.2, 0.25) is 0 Å². The number of aryl methyl sites for hydroxylation is 2. The maximum absolute atomic E-state index is 4.67. The van der Waals surface area contributed by atoms with E-state index in [0.29, 0.717) is 17.5 Å². The molecule has 1 aromatic carbocycles. The molecule has 0 aliphatic heterocycles. The summed E-state index contributed by atoms with van der Waals surface area (Å²) in [6.45, 7) is 3.83. The topological polar surface area (TPSA) is 92.3 Å². The van der Waals surface area contributed by atoms with Crippen LogP contribution < -0.4 is 5.32 Å². The van der Waals surface area contributed by atoms with Crippen molar-refractivity contribution in [1.29, 1.82) is 0 Å². The van der Waals surface area contributed by atoms with Crippen molar-refractivity contribution in [3.63, 3.8) is 0 Å². The molecule has 134 valence electrons. The third-order valence-electron chi connectivity index (χ3n) is 4.07. The molecule has 0 saturated heterocycles. The molecule has 0 spiro atoms. The zero-order chi connectivity index (χ0) is 18.6. The normalized spacial score (nSPS) is 11.9. The maximum Gasteiger partial charge on any atom is 0.177 e. The van der Waals surface area contributed by atoms with Crippen LogP contribution in [0, 0.1) is 13.8 Å². The molecule has 0 bridgehead atoms. The van der Waals surface area contributed by atoms with E-state index in [2.05, 4.69) is 35.5 Å². The number of aromatic amines is 1. The van der Waals surface area contributed by atoms with E-state index in [-0.39, 0.29) is 6.04 Å². The molecule has 0 saturated carbocycles. The van der Waals surface area contributed by atoms with E-state index in [4.69, 9.17) is 0 Å². The molecule has 7 nitrogen and oxygen atoms in total. The average Bonchev–Trinajstić information content (AvgIpc) is 3.13. The number of anilines is 1. The van der Waals surface area contributed by atoms with Gasteiger partial charge in [-0.15, -0.1) is 0 Å². The highest BCUT2D eigenvalue weighted by molar-refractivity contribution is 5.56. The van der Waals surface area contributed by atoms with Gasteiger partial charge in [0.25, 0.3) is 0 Å². The zero-order valence-corrected chi connectivity index (χ0v) is 15.1. The lowest BCUT2D eigenvalue weighted by molar-refractivity contribution is 0.828. The first-order valence-corrected chi connectivity index (χ1v) is 8.65. The van der Waals surface area contributed by atoms with Gasteiger partial charge in [0.15, 0.2) is 11.6 Å². The summed E-state index contributed by atoms with van der Waals surface area (Å²) in [7, 11) is 0. The Bertz CT molecular complexity index is 1030. The molecule has 0 radical (unpaired) electrons. The molecular weight excluding hydrogens is 338 g/mol.